The van der Waals surface area contributed by atoms with Gasteiger partial charge >= 0.3 is 0 Å². The highest BCUT2D eigenvalue weighted by molar-refractivity contribution is 9.09. The van der Waals surface area contributed by atoms with Gasteiger partial charge in [0.1, 0.15) is 0 Å². The van der Waals surface area contributed by atoms with Gasteiger partial charge in [-0.1, -0.05) is 22.5 Å². The van der Waals surface area contributed by atoms with E-state index in [0.29, 0.717) is 6.07 Å². The maximum Gasteiger partial charge on any atom is 0.198 e. The number of allylic oxidation sites excluding steroid dienone is 1. The molecule has 14 heavy (non-hydrogen) atoms. The topological polar surface area (TPSA) is 0 Å². The first kappa shape index (κ1) is 11.2. The Kier molecular flexibility index (Phi) is 3.31. The summed E-state index contributed by atoms with van der Waals surface area (Å²) in [4.78, 5) is 0. The summed E-state index contributed by atoms with van der Waals surface area (Å²) in [5.74, 6) is -6.48. The van der Waals surface area contributed by atoms with Gasteiger partial charge in [0.15, 0.2) is 23.3 Å². The molecule has 0 saturated carbocycles. The number of hydrogen-bond donors (Lipinski definition) is 0. The van der Waals surface area contributed by atoms with Gasteiger partial charge in [0.2, 0.25) is 0 Å². The van der Waals surface area contributed by atoms with Crippen LogP contribution >= 0.6 is 15.9 Å². The highest BCUT2D eigenvalue weighted by atomic mass is 79.9. The average molecular weight is 269 g/mol. The van der Waals surface area contributed by atoms with Crippen LogP contribution in [0.15, 0.2) is 12.6 Å². The number of alkyl halides is 1. The zero-order valence-corrected chi connectivity index (χ0v) is 8.47. The highest BCUT2D eigenvalue weighted by Gasteiger charge is 2.19. The molecule has 0 atom stereocenters. The molecule has 5 heteroatoms. The van der Waals surface area contributed by atoms with E-state index >= 15 is 0 Å². The minimum absolute atomic E-state index is 0.139. The second kappa shape index (κ2) is 4.13. The van der Waals surface area contributed by atoms with Crippen molar-refractivity contribution in [1.29, 1.82) is 0 Å². The van der Waals surface area contributed by atoms with Gasteiger partial charge in [-0.25, -0.2) is 17.6 Å². The first-order valence-corrected chi connectivity index (χ1v) is 4.68. The Hall–Kier alpha value is -0.840. The molecule has 1 rings (SSSR count). The fraction of sp³-hybridized carbons (Fsp3) is 0.111. The van der Waals surface area contributed by atoms with E-state index in [1.807, 2.05) is 0 Å². The third-order valence-corrected chi connectivity index (χ3v) is 2.32. The quantitative estimate of drug-likeness (QED) is 0.333. The Morgan fingerprint density at radius 1 is 1.14 bits per heavy atom. The summed E-state index contributed by atoms with van der Waals surface area (Å²) in [5, 5.41) is 0.147. The molecule has 0 aromatic heterocycles. The Labute approximate surface area is 86.4 Å². The zero-order chi connectivity index (χ0) is 10.9. The Bertz CT molecular complexity index is 387. The van der Waals surface area contributed by atoms with Crippen LogP contribution in [-0.4, -0.2) is 5.33 Å². The number of rotatable bonds is 2. The van der Waals surface area contributed by atoms with E-state index in [9.17, 15) is 17.6 Å². The van der Waals surface area contributed by atoms with Gasteiger partial charge in [0.25, 0.3) is 0 Å². The number of halogens is 5. The van der Waals surface area contributed by atoms with Crippen LogP contribution in [0.25, 0.3) is 5.57 Å². The molecule has 0 fully saturated rings. The van der Waals surface area contributed by atoms with Crippen molar-refractivity contribution in [1.82, 2.24) is 0 Å². The maximum atomic E-state index is 13.0. The largest absolute Gasteiger partial charge is 0.204 e. The smallest absolute Gasteiger partial charge is 0.198 e. The summed E-state index contributed by atoms with van der Waals surface area (Å²) in [6.07, 6.45) is 0. The minimum Gasteiger partial charge on any atom is -0.204 e. The standard InChI is InChI=1S/C9H5BrF4/c1-4(3-10)5-2-6(11)8(13)9(14)7(5)12/h2H,1,3H2. The molecule has 0 N–H and O–H groups in total. The van der Waals surface area contributed by atoms with Crippen LogP contribution in [0.5, 0.6) is 0 Å². The minimum atomic E-state index is -1.82. The molecule has 0 unspecified atom stereocenters. The number of benzene rings is 1. The molecular formula is C9H5BrF4. The van der Waals surface area contributed by atoms with E-state index in [1.165, 1.54) is 0 Å². The Morgan fingerprint density at radius 3 is 2.21 bits per heavy atom. The lowest BCUT2D eigenvalue weighted by atomic mass is 10.1. The molecule has 76 valence electrons. The third kappa shape index (κ3) is 1.82. The van der Waals surface area contributed by atoms with Crippen LogP contribution < -0.4 is 0 Å². The molecule has 0 heterocycles. The first-order valence-electron chi connectivity index (χ1n) is 3.56. The molecule has 0 spiro atoms. The van der Waals surface area contributed by atoms with Gasteiger partial charge in [-0.3, -0.25) is 0 Å². The van der Waals surface area contributed by atoms with Crippen molar-refractivity contribution < 1.29 is 17.6 Å². The van der Waals surface area contributed by atoms with Gasteiger partial charge in [0.05, 0.1) is 0 Å². The second-order valence-corrected chi connectivity index (χ2v) is 3.15. The third-order valence-electron chi connectivity index (χ3n) is 1.64. The summed E-state index contributed by atoms with van der Waals surface area (Å²) in [6.45, 7) is 3.37. The lowest BCUT2D eigenvalue weighted by molar-refractivity contribution is 0.408. The molecule has 0 nitrogen and oxygen atoms in total. The first-order chi connectivity index (χ1) is 6.49. The molecule has 0 radical (unpaired) electrons. The fourth-order valence-corrected chi connectivity index (χ4v) is 1.20. The second-order valence-electron chi connectivity index (χ2n) is 2.59. The normalized spacial score (nSPS) is 10.4. The van der Waals surface area contributed by atoms with Crippen molar-refractivity contribution in [2.45, 2.75) is 0 Å². The predicted octanol–water partition coefficient (Wildman–Crippen LogP) is 3.65. The van der Waals surface area contributed by atoms with Gasteiger partial charge in [-0.2, -0.15) is 0 Å². The van der Waals surface area contributed by atoms with E-state index in [0.717, 1.165) is 0 Å². The fourth-order valence-electron chi connectivity index (χ4n) is 0.902. The summed E-state index contributed by atoms with van der Waals surface area (Å²) >= 11 is 2.95. The van der Waals surface area contributed by atoms with Crippen LogP contribution in [0.2, 0.25) is 0 Å². The van der Waals surface area contributed by atoms with Crippen molar-refractivity contribution in [3.8, 4) is 0 Å². The maximum absolute atomic E-state index is 13.0. The molecule has 1 aromatic carbocycles. The summed E-state index contributed by atoms with van der Waals surface area (Å²) in [7, 11) is 0. The van der Waals surface area contributed by atoms with Gasteiger partial charge < -0.3 is 0 Å². The van der Waals surface area contributed by atoms with Crippen LogP contribution in [0.4, 0.5) is 17.6 Å². The van der Waals surface area contributed by atoms with Gasteiger partial charge in [-0.05, 0) is 11.6 Å². The Morgan fingerprint density at radius 2 is 1.71 bits per heavy atom. The summed E-state index contributed by atoms with van der Waals surface area (Å²) in [6, 6.07) is 0.581. The van der Waals surface area contributed by atoms with Crippen LogP contribution in [0.1, 0.15) is 5.56 Å². The van der Waals surface area contributed by atoms with E-state index in [2.05, 4.69) is 22.5 Å². The SMILES string of the molecule is C=C(CBr)c1cc(F)c(F)c(F)c1F. The predicted molar refractivity (Wildman–Crippen MR) is 49.1 cm³/mol. The van der Waals surface area contributed by atoms with Crippen molar-refractivity contribution in [2.75, 3.05) is 5.33 Å². The van der Waals surface area contributed by atoms with Crippen molar-refractivity contribution in [2.24, 2.45) is 0 Å². The zero-order valence-electron chi connectivity index (χ0n) is 6.88. The Balaban J connectivity index is 3.40. The molecule has 0 aliphatic heterocycles. The lowest BCUT2D eigenvalue weighted by Crippen LogP contribution is -2.01. The van der Waals surface area contributed by atoms with Crippen molar-refractivity contribution >= 4 is 21.5 Å². The molecule has 0 amide bonds. The van der Waals surface area contributed by atoms with E-state index in [1.54, 1.807) is 0 Å². The van der Waals surface area contributed by atoms with Crippen LogP contribution in [-0.2, 0) is 0 Å². The molecule has 0 bridgehead atoms. The van der Waals surface area contributed by atoms with Crippen LogP contribution in [0, 0.1) is 23.3 Å². The lowest BCUT2D eigenvalue weighted by Gasteiger charge is -2.05. The van der Waals surface area contributed by atoms with Crippen molar-refractivity contribution in [3.63, 3.8) is 0 Å². The monoisotopic (exact) mass is 268 g/mol. The molecule has 0 aliphatic carbocycles. The van der Waals surface area contributed by atoms with Crippen molar-refractivity contribution in [3.05, 3.63) is 41.5 Å². The summed E-state index contributed by atoms with van der Waals surface area (Å²) < 4.78 is 50.9. The molecular weight excluding hydrogens is 264 g/mol. The van der Waals surface area contributed by atoms with Gasteiger partial charge in [0, 0.05) is 10.9 Å². The number of hydrogen-bond acceptors (Lipinski definition) is 0. The molecule has 0 saturated heterocycles. The van der Waals surface area contributed by atoms with E-state index in [-0.39, 0.29) is 16.5 Å². The van der Waals surface area contributed by atoms with E-state index in [4.69, 9.17) is 0 Å². The average Bonchev–Trinajstić information content (AvgIpc) is 2.19. The molecule has 0 aliphatic rings. The van der Waals surface area contributed by atoms with Gasteiger partial charge in [-0.15, -0.1) is 0 Å². The van der Waals surface area contributed by atoms with E-state index < -0.39 is 23.3 Å². The van der Waals surface area contributed by atoms with Crippen LogP contribution in [0.3, 0.4) is 0 Å². The molecule has 1 aromatic rings. The summed E-state index contributed by atoms with van der Waals surface area (Å²) in [5.41, 5.74) is -0.224. The highest BCUT2D eigenvalue weighted by Crippen LogP contribution is 2.24.